The summed E-state index contributed by atoms with van der Waals surface area (Å²) in [6.07, 6.45) is 1.75. The molecule has 27 heavy (non-hydrogen) atoms. The van der Waals surface area contributed by atoms with Gasteiger partial charge in [-0.1, -0.05) is 36.4 Å². The number of hydrogen-bond donors (Lipinski definition) is 2. The second kappa shape index (κ2) is 6.68. The van der Waals surface area contributed by atoms with Gasteiger partial charge in [0.25, 0.3) is 0 Å². The lowest BCUT2D eigenvalue weighted by Crippen LogP contribution is -2.18. The predicted molar refractivity (Wildman–Crippen MR) is 105 cm³/mol. The van der Waals surface area contributed by atoms with E-state index in [2.05, 4.69) is 5.32 Å². The predicted octanol–water partition coefficient (Wildman–Crippen LogP) is 4.49. The molecule has 0 saturated heterocycles. The van der Waals surface area contributed by atoms with Crippen LogP contribution in [0.25, 0.3) is 16.3 Å². The number of methoxy groups -OCH3 is 2. The van der Waals surface area contributed by atoms with Gasteiger partial charge < -0.3 is 19.9 Å². The van der Waals surface area contributed by atoms with Crippen LogP contribution < -0.4 is 14.8 Å². The van der Waals surface area contributed by atoms with Crippen LogP contribution in [0, 0.1) is 0 Å². The van der Waals surface area contributed by atoms with Gasteiger partial charge in [0.1, 0.15) is 0 Å². The fourth-order valence-corrected chi connectivity index (χ4v) is 3.55. The van der Waals surface area contributed by atoms with Crippen molar-refractivity contribution in [3.63, 3.8) is 0 Å². The van der Waals surface area contributed by atoms with Crippen LogP contribution in [0.3, 0.4) is 0 Å². The molecule has 0 radical (unpaired) electrons. The van der Waals surface area contributed by atoms with Gasteiger partial charge in [-0.25, -0.2) is 4.79 Å². The molecule has 0 aliphatic carbocycles. The number of fused-ring (bicyclic) bond motifs is 3. The molecule has 0 unspecified atom stereocenters. The van der Waals surface area contributed by atoms with Crippen LogP contribution in [0.4, 0.5) is 5.69 Å². The van der Waals surface area contributed by atoms with E-state index < -0.39 is 5.97 Å². The molecule has 1 heterocycles. The van der Waals surface area contributed by atoms with Gasteiger partial charge in [0.05, 0.1) is 25.8 Å². The average Bonchev–Trinajstić information content (AvgIpc) is 2.72. The van der Waals surface area contributed by atoms with Gasteiger partial charge >= 0.3 is 5.97 Å². The van der Waals surface area contributed by atoms with Crippen molar-refractivity contribution in [1.29, 1.82) is 0 Å². The first-order valence-electron chi connectivity index (χ1n) is 8.58. The van der Waals surface area contributed by atoms with Gasteiger partial charge in [-0.2, -0.15) is 0 Å². The number of anilines is 1. The lowest BCUT2D eigenvalue weighted by atomic mass is 9.90. The molecule has 0 saturated carbocycles. The third-order valence-electron chi connectivity index (χ3n) is 4.84. The van der Waals surface area contributed by atoms with E-state index in [1.165, 1.54) is 0 Å². The van der Waals surface area contributed by atoms with Crippen molar-refractivity contribution < 1.29 is 19.4 Å². The molecule has 136 valence electrons. The zero-order chi connectivity index (χ0) is 19.0. The molecule has 0 spiro atoms. The van der Waals surface area contributed by atoms with E-state index >= 15 is 0 Å². The topological polar surface area (TPSA) is 67.8 Å². The van der Waals surface area contributed by atoms with Crippen LogP contribution in [0.5, 0.6) is 11.5 Å². The highest BCUT2D eigenvalue weighted by molar-refractivity contribution is 6.22. The molecule has 4 rings (SSSR count). The van der Waals surface area contributed by atoms with Crippen LogP contribution in [0.2, 0.25) is 0 Å². The largest absolute Gasteiger partial charge is 0.493 e. The maximum absolute atomic E-state index is 12.0. The zero-order valence-corrected chi connectivity index (χ0v) is 15.0. The maximum Gasteiger partial charge on any atom is 0.336 e. The average molecular weight is 361 g/mol. The Labute approximate surface area is 156 Å². The number of carbonyl (C=O) groups is 1. The van der Waals surface area contributed by atoms with Crippen molar-refractivity contribution in [1.82, 2.24) is 0 Å². The summed E-state index contributed by atoms with van der Waals surface area (Å²) in [4.78, 5) is 12.0. The first-order valence-corrected chi connectivity index (χ1v) is 8.58. The van der Waals surface area contributed by atoms with Crippen molar-refractivity contribution >= 4 is 28.0 Å². The Morgan fingerprint density at radius 1 is 1.00 bits per heavy atom. The van der Waals surface area contributed by atoms with Gasteiger partial charge in [-0.3, -0.25) is 0 Å². The van der Waals surface area contributed by atoms with Crippen LogP contribution in [0.15, 0.2) is 60.7 Å². The minimum absolute atomic E-state index is 0.287. The molecule has 0 fully saturated rings. The zero-order valence-electron chi connectivity index (χ0n) is 15.0. The molecule has 5 nitrogen and oxygen atoms in total. The minimum atomic E-state index is -0.945. The second-order valence-electron chi connectivity index (χ2n) is 6.33. The first kappa shape index (κ1) is 17.0. The summed E-state index contributed by atoms with van der Waals surface area (Å²) in [6, 6.07) is 17.0. The highest BCUT2D eigenvalue weighted by atomic mass is 16.5. The molecule has 0 amide bonds. The van der Waals surface area contributed by atoms with Gasteiger partial charge in [0.15, 0.2) is 11.5 Å². The smallest absolute Gasteiger partial charge is 0.336 e. The van der Waals surface area contributed by atoms with Crippen molar-refractivity contribution in [2.24, 2.45) is 0 Å². The van der Waals surface area contributed by atoms with E-state index in [-0.39, 0.29) is 6.04 Å². The first-order chi connectivity index (χ1) is 13.1. The summed E-state index contributed by atoms with van der Waals surface area (Å²) < 4.78 is 10.7. The number of hydrogen-bond acceptors (Lipinski definition) is 4. The van der Waals surface area contributed by atoms with E-state index in [1.807, 2.05) is 54.6 Å². The Morgan fingerprint density at radius 3 is 2.52 bits per heavy atom. The molecule has 1 aliphatic heterocycles. The lowest BCUT2D eigenvalue weighted by Gasteiger charge is -2.27. The van der Waals surface area contributed by atoms with Gasteiger partial charge in [-0.05, 0) is 40.6 Å². The van der Waals surface area contributed by atoms with E-state index in [9.17, 15) is 9.90 Å². The van der Waals surface area contributed by atoms with E-state index in [0.717, 1.165) is 27.6 Å². The third-order valence-corrected chi connectivity index (χ3v) is 4.84. The van der Waals surface area contributed by atoms with Crippen molar-refractivity contribution in [2.75, 3.05) is 19.5 Å². The van der Waals surface area contributed by atoms with E-state index in [4.69, 9.17) is 9.47 Å². The standard InChI is InChI=1S/C22H19NO4/c1-26-19-10-8-14(11-20(19)27-2)18-12-16(22(24)25)21-15-6-4-3-5-13(15)7-9-17(21)23-18/h3-12,18,23H,1-2H3,(H,24,25)/t18-/m0/s1. The normalized spacial score (nSPS) is 15.5. The monoisotopic (exact) mass is 361 g/mol. The molecule has 3 aromatic rings. The number of carboxylic acid groups (broad SMARTS) is 1. The van der Waals surface area contributed by atoms with Crippen molar-refractivity contribution in [2.45, 2.75) is 6.04 Å². The Bertz CT molecular complexity index is 1070. The second-order valence-corrected chi connectivity index (χ2v) is 6.33. The summed E-state index contributed by atoms with van der Waals surface area (Å²) in [7, 11) is 3.16. The fraction of sp³-hybridized carbons (Fsp3) is 0.136. The molecule has 0 bridgehead atoms. The Balaban J connectivity index is 1.86. The molecule has 1 atom stereocenters. The Morgan fingerprint density at radius 2 is 1.78 bits per heavy atom. The van der Waals surface area contributed by atoms with Crippen molar-refractivity contribution in [3.05, 3.63) is 71.8 Å². The van der Waals surface area contributed by atoms with Crippen LogP contribution in [-0.4, -0.2) is 25.3 Å². The molecular formula is C22H19NO4. The number of aliphatic carboxylic acids is 1. The number of rotatable bonds is 4. The van der Waals surface area contributed by atoms with Crippen LogP contribution in [-0.2, 0) is 4.79 Å². The summed E-state index contributed by atoms with van der Waals surface area (Å²) in [5.74, 6) is 0.289. The number of ether oxygens (including phenoxy) is 2. The third kappa shape index (κ3) is 2.87. The number of carboxylic acids is 1. The van der Waals surface area contributed by atoms with Crippen LogP contribution >= 0.6 is 0 Å². The van der Waals surface area contributed by atoms with Crippen LogP contribution in [0.1, 0.15) is 17.2 Å². The number of benzene rings is 3. The van der Waals surface area contributed by atoms with E-state index in [1.54, 1.807) is 20.3 Å². The molecule has 3 aromatic carbocycles. The van der Waals surface area contributed by atoms with Gasteiger partial charge in [0.2, 0.25) is 0 Å². The summed E-state index contributed by atoms with van der Waals surface area (Å²) in [5, 5.41) is 15.2. The summed E-state index contributed by atoms with van der Waals surface area (Å²) in [5.41, 5.74) is 2.70. The lowest BCUT2D eigenvalue weighted by molar-refractivity contribution is -0.130. The molecule has 5 heteroatoms. The molecular weight excluding hydrogens is 342 g/mol. The molecule has 2 N–H and O–H groups in total. The van der Waals surface area contributed by atoms with E-state index in [0.29, 0.717) is 17.1 Å². The van der Waals surface area contributed by atoms with Crippen molar-refractivity contribution in [3.8, 4) is 11.5 Å². The quantitative estimate of drug-likeness (QED) is 0.716. The minimum Gasteiger partial charge on any atom is -0.493 e. The van der Waals surface area contributed by atoms with Gasteiger partial charge in [-0.15, -0.1) is 0 Å². The Hall–Kier alpha value is -3.47. The summed E-state index contributed by atoms with van der Waals surface area (Å²) >= 11 is 0. The summed E-state index contributed by atoms with van der Waals surface area (Å²) in [6.45, 7) is 0. The maximum atomic E-state index is 12.0. The highest BCUT2D eigenvalue weighted by Gasteiger charge is 2.26. The SMILES string of the molecule is COc1ccc([C@@H]2C=C(C(=O)O)c3c(ccc4ccccc34)N2)cc1OC. The fourth-order valence-electron chi connectivity index (χ4n) is 3.55. The molecule has 0 aromatic heterocycles. The number of nitrogens with one attached hydrogen (secondary N) is 1. The highest BCUT2D eigenvalue weighted by Crippen LogP contribution is 2.41. The molecule has 1 aliphatic rings. The van der Waals surface area contributed by atoms with Gasteiger partial charge in [0, 0.05) is 11.3 Å². The Kier molecular flexibility index (Phi) is 4.20.